The molecule has 0 fully saturated rings. The molecule has 0 aliphatic carbocycles. The van der Waals surface area contributed by atoms with E-state index in [0.717, 1.165) is 0 Å². The molecule has 0 aromatic carbocycles. The minimum atomic E-state index is -1.54. The zero-order chi connectivity index (χ0) is 8.58. The van der Waals surface area contributed by atoms with Crippen LogP contribution >= 0.6 is 8.83 Å². The first-order chi connectivity index (χ1) is 4.15. The van der Waals surface area contributed by atoms with Crippen molar-refractivity contribution in [1.29, 1.82) is 0 Å². The Bertz CT molecular complexity index is 93.4. The molecule has 0 saturated heterocycles. The number of halogens is 1. The molecule has 0 N–H and O–H groups in total. The maximum absolute atomic E-state index is 6.42. The van der Waals surface area contributed by atoms with Gasteiger partial charge < -0.3 is 0 Å². The molecule has 0 unspecified atom stereocenters. The van der Waals surface area contributed by atoms with Crippen LogP contribution in [0.15, 0.2) is 0 Å². The number of hydrogen-bond donors (Lipinski definition) is 0. The summed E-state index contributed by atoms with van der Waals surface area (Å²) in [6, 6.07) is 0. The van der Waals surface area contributed by atoms with Crippen LogP contribution in [0.25, 0.3) is 0 Å². The van der Waals surface area contributed by atoms with Crippen LogP contribution in [0.1, 0.15) is 41.5 Å². The molecular weight excluding hydrogens is 253 g/mol. The van der Waals surface area contributed by atoms with Crippen molar-refractivity contribution in [3.8, 4) is 0 Å². The Morgan fingerprint density at radius 2 is 1.00 bits per heavy atom. The van der Waals surface area contributed by atoms with Crippen molar-refractivity contribution in [3.63, 3.8) is 0 Å². The van der Waals surface area contributed by atoms with Crippen molar-refractivity contribution in [2.24, 2.45) is 0 Å². The molecule has 0 amide bonds. The van der Waals surface area contributed by atoms with Gasteiger partial charge in [-0.2, -0.15) is 0 Å². The Kier molecular flexibility index (Phi) is 3.59. The molecule has 0 saturated carbocycles. The quantitative estimate of drug-likeness (QED) is 0.588. The van der Waals surface area contributed by atoms with Gasteiger partial charge in [-0.05, 0) is 0 Å². The Hall–Kier alpha value is 1.11. The second-order valence-corrected chi connectivity index (χ2v) is 16.2. The standard InChI is InChI=1S/2C4H9.ClH.Sb/c2*1-4(2)3;;/h2*1-3H3;1H;/q;;;+1/p-1. The predicted octanol–water partition coefficient (Wildman–Crippen LogP) is 3.82. The van der Waals surface area contributed by atoms with Gasteiger partial charge in [-0.25, -0.2) is 0 Å². The molecule has 0 aromatic heterocycles. The molecule has 0 aliphatic heterocycles. The first-order valence-corrected chi connectivity index (χ1v) is 9.40. The molecular formula is C8H18ClSb. The second kappa shape index (κ2) is 3.23. The van der Waals surface area contributed by atoms with Gasteiger partial charge >= 0.3 is 76.2 Å². The van der Waals surface area contributed by atoms with Crippen LogP contribution in [0.2, 0.25) is 6.72 Å². The summed E-state index contributed by atoms with van der Waals surface area (Å²) >= 11 is -1.54. The summed E-state index contributed by atoms with van der Waals surface area (Å²) in [6.07, 6.45) is 0. The molecule has 0 rings (SSSR count). The van der Waals surface area contributed by atoms with E-state index in [4.69, 9.17) is 8.83 Å². The van der Waals surface area contributed by atoms with E-state index >= 15 is 0 Å². The fraction of sp³-hybridized carbons (Fsp3) is 1.00. The number of hydrogen-bond acceptors (Lipinski definition) is 0. The van der Waals surface area contributed by atoms with E-state index in [2.05, 4.69) is 41.5 Å². The van der Waals surface area contributed by atoms with Crippen LogP contribution in [-0.2, 0) is 0 Å². The molecule has 0 radical (unpaired) electrons. The predicted molar refractivity (Wildman–Crippen MR) is 51.0 cm³/mol. The molecule has 0 aromatic rings. The third-order valence-electron chi connectivity index (χ3n) is 1.18. The van der Waals surface area contributed by atoms with Crippen LogP contribution in [0, 0.1) is 0 Å². The van der Waals surface area contributed by atoms with Crippen LogP contribution < -0.4 is 0 Å². The van der Waals surface area contributed by atoms with E-state index in [-0.39, 0.29) is 0 Å². The molecule has 0 nitrogen and oxygen atoms in total. The number of rotatable bonds is 0. The van der Waals surface area contributed by atoms with Crippen LogP contribution in [0.3, 0.4) is 0 Å². The summed E-state index contributed by atoms with van der Waals surface area (Å²) in [5.41, 5.74) is 0. The molecule has 0 aliphatic rings. The summed E-state index contributed by atoms with van der Waals surface area (Å²) in [4.78, 5) is 0. The Morgan fingerprint density at radius 1 is 0.800 bits per heavy atom. The van der Waals surface area contributed by atoms with Gasteiger partial charge in [-0.15, -0.1) is 0 Å². The SMILES string of the molecule is C[C](C)(C)[Sb]([Cl])[C](C)(C)C. The van der Waals surface area contributed by atoms with Crippen molar-refractivity contribution in [2.45, 2.75) is 48.3 Å². The summed E-state index contributed by atoms with van der Waals surface area (Å²) in [7, 11) is 6.42. The molecule has 10 heavy (non-hydrogen) atoms. The summed E-state index contributed by atoms with van der Waals surface area (Å²) < 4.78 is 0.783. The van der Waals surface area contributed by atoms with Crippen molar-refractivity contribution in [1.82, 2.24) is 0 Å². The first-order valence-electron chi connectivity index (χ1n) is 3.62. The van der Waals surface area contributed by atoms with Gasteiger partial charge in [-0.3, -0.25) is 0 Å². The van der Waals surface area contributed by atoms with E-state index in [0.29, 0.717) is 6.72 Å². The summed E-state index contributed by atoms with van der Waals surface area (Å²) in [5.74, 6) is 0. The summed E-state index contributed by atoms with van der Waals surface area (Å²) in [6.45, 7) is 13.5. The normalized spacial score (nSPS) is 14.4. The zero-order valence-corrected chi connectivity index (χ0v) is 11.1. The average Bonchev–Trinajstić information content (AvgIpc) is 1.59. The monoisotopic (exact) mass is 270 g/mol. The van der Waals surface area contributed by atoms with Crippen LogP contribution in [0.4, 0.5) is 0 Å². The Labute approximate surface area is 76.0 Å². The third-order valence-corrected chi connectivity index (χ3v) is 14.7. The summed E-state index contributed by atoms with van der Waals surface area (Å²) in [5, 5.41) is 0. The van der Waals surface area contributed by atoms with Crippen molar-refractivity contribution in [2.75, 3.05) is 0 Å². The van der Waals surface area contributed by atoms with Crippen molar-refractivity contribution < 1.29 is 0 Å². The van der Waals surface area contributed by atoms with Crippen LogP contribution in [0.5, 0.6) is 0 Å². The van der Waals surface area contributed by atoms with Gasteiger partial charge in [0.1, 0.15) is 0 Å². The van der Waals surface area contributed by atoms with Crippen LogP contribution in [-0.4, -0.2) is 19.1 Å². The zero-order valence-electron chi connectivity index (χ0n) is 7.83. The topological polar surface area (TPSA) is 0 Å². The van der Waals surface area contributed by atoms with Gasteiger partial charge in [0.15, 0.2) is 0 Å². The van der Waals surface area contributed by atoms with Gasteiger partial charge in [0, 0.05) is 0 Å². The Morgan fingerprint density at radius 3 is 1.00 bits per heavy atom. The van der Waals surface area contributed by atoms with E-state index in [1.807, 2.05) is 0 Å². The second-order valence-electron chi connectivity index (χ2n) is 4.62. The van der Waals surface area contributed by atoms with Gasteiger partial charge in [0.05, 0.1) is 0 Å². The van der Waals surface area contributed by atoms with Crippen molar-refractivity contribution >= 4 is 27.9 Å². The third kappa shape index (κ3) is 3.48. The fourth-order valence-electron chi connectivity index (χ4n) is 1.01. The average molecular weight is 271 g/mol. The van der Waals surface area contributed by atoms with Crippen molar-refractivity contribution in [3.05, 3.63) is 0 Å². The molecule has 0 bridgehead atoms. The molecule has 0 atom stereocenters. The first kappa shape index (κ1) is 11.1. The minimum absolute atomic E-state index is 0.391. The van der Waals surface area contributed by atoms with E-state index in [9.17, 15) is 0 Å². The fourth-order valence-corrected chi connectivity index (χ4v) is 6.75. The molecule has 2 heteroatoms. The van der Waals surface area contributed by atoms with Gasteiger partial charge in [-0.1, -0.05) is 0 Å². The van der Waals surface area contributed by atoms with Gasteiger partial charge in [0.2, 0.25) is 0 Å². The molecule has 0 heterocycles. The van der Waals surface area contributed by atoms with E-state index in [1.54, 1.807) is 0 Å². The maximum atomic E-state index is 6.42. The van der Waals surface area contributed by atoms with Gasteiger partial charge in [0.25, 0.3) is 0 Å². The molecule has 62 valence electrons. The van der Waals surface area contributed by atoms with E-state index < -0.39 is 19.1 Å². The van der Waals surface area contributed by atoms with E-state index in [1.165, 1.54) is 0 Å². The molecule has 0 spiro atoms. The Balaban J connectivity index is 4.23.